The highest BCUT2D eigenvalue weighted by Gasteiger charge is 2.11. The van der Waals surface area contributed by atoms with Crippen molar-refractivity contribution < 1.29 is 13.2 Å². The predicted octanol–water partition coefficient (Wildman–Crippen LogP) is 2.20. The van der Waals surface area contributed by atoms with Crippen LogP contribution in [0.25, 0.3) is 0 Å². The number of nitriles is 1. The van der Waals surface area contributed by atoms with Gasteiger partial charge in [0, 0.05) is 18.4 Å². The number of hydrogen-bond donors (Lipinski definition) is 1. The predicted molar refractivity (Wildman–Crippen MR) is 86.6 cm³/mol. The molecule has 1 amide bonds. The molecule has 0 fully saturated rings. The van der Waals surface area contributed by atoms with Gasteiger partial charge in [0.05, 0.1) is 16.5 Å². The van der Waals surface area contributed by atoms with Crippen LogP contribution < -0.4 is 5.32 Å². The Morgan fingerprint density at radius 2 is 1.83 bits per heavy atom. The van der Waals surface area contributed by atoms with Crippen LogP contribution in [0, 0.1) is 18.3 Å². The molecule has 118 valence electrons. The standard InChI is InChI=1S/C17H16N2O3S/c1-12-9-14(5-8-16(12)23(2,21)22)11-19-17(20)15-6-3-13(10-18)4-7-15/h3-9H,11H2,1-2H3,(H,19,20). The average molecular weight is 328 g/mol. The van der Waals surface area contributed by atoms with Crippen molar-refractivity contribution in [1.29, 1.82) is 5.26 Å². The number of carbonyl (C=O) groups excluding carboxylic acids is 1. The highest BCUT2D eigenvalue weighted by Crippen LogP contribution is 2.16. The number of carbonyl (C=O) groups is 1. The fraction of sp³-hybridized carbons (Fsp3) is 0.176. The Bertz CT molecular complexity index is 879. The van der Waals surface area contributed by atoms with Gasteiger partial charge in [0.25, 0.3) is 5.91 Å². The Morgan fingerprint density at radius 3 is 2.35 bits per heavy atom. The minimum Gasteiger partial charge on any atom is -0.348 e. The molecule has 2 aromatic rings. The van der Waals surface area contributed by atoms with Crippen molar-refractivity contribution in [2.45, 2.75) is 18.4 Å². The van der Waals surface area contributed by atoms with Crippen LogP contribution in [-0.2, 0) is 16.4 Å². The largest absolute Gasteiger partial charge is 0.348 e. The fourth-order valence-corrected chi connectivity index (χ4v) is 3.18. The molecule has 0 spiro atoms. The summed E-state index contributed by atoms with van der Waals surface area (Å²) in [4.78, 5) is 12.3. The average Bonchev–Trinajstić information content (AvgIpc) is 2.51. The molecule has 23 heavy (non-hydrogen) atoms. The zero-order valence-electron chi connectivity index (χ0n) is 12.8. The summed E-state index contributed by atoms with van der Waals surface area (Å²) in [6.07, 6.45) is 1.17. The highest BCUT2D eigenvalue weighted by molar-refractivity contribution is 7.90. The molecule has 0 atom stereocenters. The van der Waals surface area contributed by atoms with Crippen LogP contribution in [-0.4, -0.2) is 20.6 Å². The van der Waals surface area contributed by atoms with Gasteiger partial charge in [-0.2, -0.15) is 5.26 Å². The van der Waals surface area contributed by atoms with Crippen LogP contribution in [0.4, 0.5) is 0 Å². The van der Waals surface area contributed by atoms with Crippen molar-refractivity contribution in [1.82, 2.24) is 5.32 Å². The van der Waals surface area contributed by atoms with Crippen molar-refractivity contribution in [3.63, 3.8) is 0 Å². The van der Waals surface area contributed by atoms with Gasteiger partial charge < -0.3 is 5.32 Å². The molecule has 2 aromatic carbocycles. The smallest absolute Gasteiger partial charge is 0.251 e. The van der Waals surface area contributed by atoms with Gasteiger partial charge in [0.1, 0.15) is 0 Å². The van der Waals surface area contributed by atoms with Crippen LogP contribution in [0.15, 0.2) is 47.4 Å². The first kappa shape index (κ1) is 16.7. The minimum atomic E-state index is -3.24. The summed E-state index contributed by atoms with van der Waals surface area (Å²) >= 11 is 0. The molecule has 2 rings (SSSR count). The van der Waals surface area contributed by atoms with E-state index in [2.05, 4.69) is 5.32 Å². The normalized spacial score (nSPS) is 10.8. The summed E-state index contributed by atoms with van der Waals surface area (Å²) in [5.74, 6) is -0.251. The van der Waals surface area contributed by atoms with Gasteiger partial charge >= 0.3 is 0 Å². The van der Waals surface area contributed by atoms with E-state index >= 15 is 0 Å². The fourth-order valence-electron chi connectivity index (χ4n) is 2.22. The van der Waals surface area contributed by atoms with E-state index < -0.39 is 9.84 Å². The van der Waals surface area contributed by atoms with Gasteiger partial charge in [-0.15, -0.1) is 0 Å². The Kier molecular flexibility index (Phi) is 4.82. The van der Waals surface area contributed by atoms with Gasteiger partial charge in [0.15, 0.2) is 9.84 Å². The van der Waals surface area contributed by atoms with Crippen LogP contribution in [0.1, 0.15) is 27.0 Å². The van der Waals surface area contributed by atoms with E-state index in [0.717, 1.165) is 5.56 Å². The zero-order valence-corrected chi connectivity index (χ0v) is 13.6. The maximum absolute atomic E-state index is 12.0. The first-order chi connectivity index (χ1) is 10.8. The third-order valence-corrected chi connectivity index (χ3v) is 4.63. The second-order valence-corrected chi connectivity index (χ2v) is 7.23. The number of hydrogen-bond acceptors (Lipinski definition) is 4. The van der Waals surface area contributed by atoms with Gasteiger partial charge in [0.2, 0.25) is 0 Å². The number of amides is 1. The minimum absolute atomic E-state index is 0.251. The first-order valence-corrected chi connectivity index (χ1v) is 8.78. The molecule has 0 saturated carbocycles. The SMILES string of the molecule is Cc1cc(CNC(=O)c2ccc(C#N)cc2)ccc1S(C)(=O)=O. The van der Waals surface area contributed by atoms with E-state index in [4.69, 9.17) is 5.26 Å². The molecule has 0 aliphatic carbocycles. The third-order valence-electron chi connectivity index (χ3n) is 3.37. The lowest BCUT2D eigenvalue weighted by atomic mass is 10.1. The molecule has 5 nitrogen and oxygen atoms in total. The number of rotatable bonds is 4. The lowest BCUT2D eigenvalue weighted by Crippen LogP contribution is -2.22. The molecule has 0 aliphatic heterocycles. The number of nitrogens with one attached hydrogen (secondary N) is 1. The van der Waals surface area contributed by atoms with E-state index in [1.807, 2.05) is 6.07 Å². The van der Waals surface area contributed by atoms with Crippen LogP contribution in [0.3, 0.4) is 0 Å². The Hall–Kier alpha value is -2.65. The maximum Gasteiger partial charge on any atom is 0.251 e. The van der Waals surface area contributed by atoms with Gasteiger partial charge in [-0.1, -0.05) is 12.1 Å². The third kappa shape index (κ3) is 4.18. The molecule has 0 aromatic heterocycles. The molecular weight excluding hydrogens is 312 g/mol. The monoisotopic (exact) mass is 328 g/mol. The maximum atomic E-state index is 12.0. The van der Waals surface area contributed by atoms with E-state index in [1.165, 1.54) is 6.26 Å². The van der Waals surface area contributed by atoms with E-state index in [9.17, 15) is 13.2 Å². The van der Waals surface area contributed by atoms with Gasteiger partial charge in [-0.05, 0) is 48.4 Å². The molecule has 1 N–H and O–H groups in total. The molecular formula is C17H16N2O3S. The molecule has 0 radical (unpaired) electrons. The van der Waals surface area contributed by atoms with Crippen LogP contribution in [0.5, 0.6) is 0 Å². The first-order valence-electron chi connectivity index (χ1n) is 6.89. The van der Waals surface area contributed by atoms with Crippen molar-refractivity contribution in [3.8, 4) is 6.07 Å². The second-order valence-electron chi connectivity index (χ2n) is 5.24. The summed E-state index contributed by atoms with van der Waals surface area (Å²) < 4.78 is 23.2. The zero-order chi connectivity index (χ0) is 17.0. The van der Waals surface area contributed by atoms with Crippen LogP contribution in [0.2, 0.25) is 0 Å². The lowest BCUT2D eigenvalue weighted by Gasteiger charge is -2.09. The molecule has 0 unspecified atom stereocenters. The Morgan fingerprint density at radius 1 is 1.17 bits per heavy atom. The topological polar surface area (TPSA) is 87.0 Å². The van der Waals surface area contributed by atoms with Gasteiger partial charge in [-0.3, -0.25) is 4.79 Å². The van der Waals surface area contributed by atoms with E-state index in [-0.39, 0.29) is 5.91 Å². The summed E-state index contributed by atoms with van der Waals surface area (Å²) in [6, 6.07) is 13.3. The van der Waals surface area contributed by atoms with E-state index in [0.29, 0.717) is 28.1 Å². The lowest BCUT2D eigenvalue weighted by molar-refractivity contribution is 0.0951. The molecule has 0 aliphatic rings. The quantitative estimate of drug-likeness (QED) is 0.932. The number of aryl methyl sites for hydroxylation is 1. The summed E-state index contributed by atoms with van der Waals surface area (Å²) in [5.41, 5.74) is 2.43. The van der Waals surface area contributed by atoms with E-state index in [1.54, 1.807) is 49.4 Å². The summed E-state index contributed by atoms with van der Waals surface area (Å²) in [7, 11) is -3.24. The number of sulfone groups is 1. The van der Waals surface area contributed by atoms with Crippen molar-refractivity contribution in [2.75, 3.05) is 6.26 Å². The Labute approximate surface area is 135 Å². The number of benzene rings is 2. The Balaban J connectivity index is 2.07. The molecule has 6 heteroatoms. The molecule has 0 saturated heterocycles. The summed E-state index contributed by atoms with van der Waals surface area (Å²) in [5, 5.41) is 11.5. The highest BCUT2D eigenvalue weighted by atomic mass is 32.2. The van der Waals surface area contributed by atoms with Crippen molar-refractivity contribution in [2.24, 2.45) is 0 Å². The summed E-state index contributed by atoms with van der Waals surface area (Å²) in [6.45, 7) is 2.02. The van der Waals surface area contributed by atoms with Gasteiger partial charge in [-0.25, -0.2) is 8.42 Å². The molecule has 0 bridgehead atoms. The second kappa shape index (κ2) is 6.63. The number of nitrogens with zero attached hydrogens (tertiary/aromatic N) is 1. The van der Waals surface area contributed by atoms with Crippen molar-refractivity contribution in [3.05, 3.63) is 64.7 Å². The van der Waals surface area contributed by atoms with Crippen molar-refractivity contribution >= 4 is 15.7 Å². The van der Waals surface area contributed by atoms with Crippen LogP contribution >= 0.6 is 0 Å². The molecule has 0 heterocycles.